The number of β-amino-alcohol motifs (C(OH)–C–C–N with tert-alkyl or cyclic N) is 1. The van der Waals surface area contributed by atoms with Crippen molar-refractivity contribution in [3.63, 3.8) is 0 Å². The number of likely N-dealkylation sites (tertiary alicyclic amines) is 1. The van der Waals surface area contributed by atoms with Crippen LogP contribution in [0, 0.1) is 5.92 Å². The van der Waals surface area contributed by atoms with Gasteiger partial charge in [-0.2, -0.15) is 0 Å². The van der Waals surface area contributed by atoms with Crippen molar-refractivity contribution >= 4 is 5.97 Å². The van der Waals surface area contributed by atoms with Crippen molar-refractivity contribution in [2.45, 2.75) is 45.4 Å². The Kier molecular flexibility index (Phi) is 3.50. The molecule has 1 heterocycles. The van der Waals surface area contributed by atoms with Gasteiger partial charge in [0.15, 0.2) is 0 Å². The molecule has 0 aromatic rings. The minimum atomic E-state index is -0.825. The van der Waals surface area contributed by atoms with Gasteiger partial charge in [-0.3, -0.25) is 9.69 Å². The maximum Gasteiger partial charge on any atom is 0.321 e. The average Bonchev–Trinajstić information content (AvgIpc) is 2.45. The van der Waals surface area contributed by atoms with Gasteiger partial charge in [-0.15, -0.1) is 0 Å². The number of carboxylic acid groups (broad SMARTS) is 1. The fourth-order valence-electron chi connectivity index (χ4n) is 1.91. The first-order valence-corrected chi connectivity index (χ1v) is 5.10. The third kappa shape index (κ3) is 2.25. The van der Waals surface area contributed by atoms with E-state index in [0.29, 0.717) is 18.9 Å². The van der Waals surface area contributed by atoms with Crippen LogP contribution in [0.15, 0.2) is 0 Å². The molecule has 1 fully saturated rings. The molecule has 4 heteroatoms. The topological polar surface area (TPSA) is 60.8 Å². The lowest BCUT2D eigenvalue weighted by Gasteiger charge is -2.30. The largest absolute Gasteiger partial charge is 0.480 e. The van der Waals surface area contributed by atoms with Crippen LogP contribution in [0.3, 0.4) is 0 Å². The number of rotatable bonds is 3. The van der Waals surface area contributed by atoms with Crippen molar-refractivity contribution in [3.8, 4) is 0 Å². The second kappa shape index (κ2) is 4.28. The number of carbonyl (C=O) groups is 1. The molecule has 14 heavy (non-hydrogen) atoms. The lowest BCUT2D eigenvalue weighted by molar-refractivity contribution is -0.143. The highest BCUT2D eigenvalue weighted by Gasteiger charge is 2.38. The SMILES string of the molecule is CC(C)C(C)N1CC(O)CC1C(=O)O. The molecule has 1 aliphatic heterocycles. The average molecular weight is 201 g/mol. The Bertz CT molecular complexity index is 217. The van der Waals surface area contributed by atoms with Gasteiger partial charge >= 0.3 is 5.97 Å². The number of aliphatic hydroxyl groups is 1. The van der Waals surface area contributed by atoms with Gasteiger partial charge in [-0.05, 0) is 12.8 Å². The molecule has 3 atom stereocenters. The van der Waals surface area contributed by atoms with Gasteiger partial charge in [0.25, 0.3) is 0 Å². The smallest absolute Gasteiger partial charge is 0.321 e. The molecule has 3 unspecified atom stereocenters. The molecular weight excluding hydrogens is 182 g/mol. The van der Waals surface area contributed by atoms with Gasteiger partial charge in [0, 0.05) is 19.0 Å². The van der Waals surface area contributed by atoms with E-state index in [-0.39, 0.29) is 6.04 Å². The van der Waals surface area contributed by atoms with E-state index in [1.54, 1.807) is 0 Å². The third-order valence-corrected chi connectivity index (χ3v) is 3.09. The number of nitrogens with zero attached hydrogens (tertiary/aromatic N) is 1. The van der Waals surface area contributed by atoms with Gasteiger partial charge in [-0.25, -0.2) is 0 Å². The van der Waals surface area contributed by atoms with Crippen LogP contribution in [0.2, 0.25) is 0 Å². The highest BCUT2D eigenvalue weighted by atomic mass is 16.4. The van der Waals surface area contributed by atoms with Crippen molar-refractivity contribution in [1.82, 2.24) is 4.90 Å². The molecule has 0 saturated carbocycles. The van der Waals surface area contributed by atoms with Gasteiger partial charge in [0.2, 0.25) is 0 Å². The van der Waals surface area contributed by atoms with Gasteiger partial charge in [0.05, 0.1) is 6.10 Å². The Labute approximate surface area is 84.5 Å². The molecule has 0 radical (unpaired) electrons. The molecular formula is C10H19NO3. The van der Waals surface area contributed by atoms with Crippen LogP contribution in [0.5, 0.6) is 0 Å². The zero-order valence-corrected chi connectivity index (χ0v) is 8.97. The summed E-state index contributed by atoms with van der Waals surface area (Å²) in [4.78, 5) is 12.8. The predicted octanol–water partition coefficient (Wildman–Crippen LogP) is 0.551. The third-order valence-electron chi connectivity index (χ3n) is 3.09. The minimum absolute atomic E-state index is 0.202. The van der Waals surface area contributed by atoms with Crippen molar-refractivity contribution in [2.24, 2.45) is 5.92 Å². The van der Waals surface area contributed by atoms with E-state index >= 15 is 0 Å². The molecule has 0 aromatic carbocycles. The fraction of sp³-hybridized carbons (Fsp3) is 0.900. The lowest BCUT2D eigenvalue weighted by Crippen LogP contribution is -2.44. The van der Waals surface area contributed by atoms with E-state index in [2.05, 4.69) is 13.8 Å². The van der Waals surface area contributed by atoms with E-state index in [0.717, 1.165) is 0 Å². The molecule has 4 nitrogen and oxygen atoms in total. The molecule has 2 N–H and O–H groups in total. The summed E-state index contributed by atoms with van der Waals surface area (Å²) in [5, 5.41) is 18.4. The van der Waals surface area contributed by atoms with Crippen LogP contribution in [-0.4, -0.2) is 45.8 Å². The van der Waals surface area contributed by atoms with Crippen molar-refractivity contribution in [3.05, 3.63) is 0 Å². The summed E-state index contributed by atoms with van der Waals surface area (Å²) in [6, 6.07) is -0.310. The van der Waals surface area contributed by atoms with Gasteiger partial charge in [0.1, 0.15) is 6.04 Å². The second-order valence-corrected chi connectivity index (χ2v) is 4.42. The Morgan fingerprint density at radius 2 is 2.00 bits per heavy atom. The number of hydrogen-bond acceptors (Lipinski definition) is 3. The van der Waals surface area contributed by atoms with Crippen LogP contribution in [0.1, 0.15) is 27.2 Å². The monoisotopic (exact) mass is 201 g/mol. The normalized spacial score (nSPS) is 30.9. The van der Waals surface area contributed by atoms with Crippen LogP contribution in [-0.2, 0) is 4.79 Å². The summed E-state index contributed by atoms with van der Waals surface area (Å²) in [6.45, 7) is 6.62. The van der Waals surface area contributed by atoms with E-state index in [4.69, 9.17) is 5.11 Å². The first-order chi connectivity index (χ1) is 6.43. The minimum Gasteiger partial charge on any atom is -0.480 e. The van der Waals surface area contributed by atoms with E-state index in [9.17, 15) is 9.90 Å². The van der Waals surface area contributed by atoms with Crippen molar-refractivity contribution in [2.75, 3.05) is 6.54 Å². The van der Waals surface area contributed by atoms with Crippen LogP contribution in [0.25, 0.3) is 0 Å². The fourth-order valence-corrected chi connectivity index (χ4v) is 1.91. The zero-order chi connectivity index (χ0) is 10.9. The summed E-state index contributed by atoms with van der Waals surface area (Å²) in [5.74, 6) is -0.420. The highest BCUT2D eigenvalue weighted by molar-refractivity contribution is 5.74. The number of carboxylic acids is 1. The molecule has 0 bridgehead atoms. The number of hydrogen-bond donors (Lipinski definition) is 2. The first kappa shape index (κ1) is 11.5. The van der Waals surface area contributed by atoms with Gasteiger partial charge < -0.3 is 10.2 Å². The number of aliphatic hydroxyl groups excluding tert-OH is 1. The molecule has 1 aliphatic rings. The predicted molar refractivity (Wildman–Crippen MR) is 53.1 cm³/mol. The lowest BCUT2D eigenvalue weighted by atomic mass is 10.0. The quantitative estimate of drug-likeness (QED) is 0.700. The van der Waals surface area contributed by atoms with Gasteiger partial charge in [-0.1, -0.05) is 13.8 Å². The summed E-state index contributed by atoms with van der Waals surface area (Å²) in [5.41, 5.74) is 0. The summed E-state index contributed by atoms with van der Waals surface area (Å²) in [6.07, 6.45) is -0.135. The molecule has 0 aliphatic carbocycles. The number of aliphatic carboxylic acids is 1. The Morgan fingerprint density at radius 1 is 1.43 bits per heavy atom. The summed E-state index contributed by atoms with van der Waals surface area (Å²) < 4.78 is 0. The molecule has 0 aromatic heterocycles. The van der Waals surface area contributed by atoms with Crippen molar-refractivity contribution in [1.29, 1.82) is 0 Å². The Balaban J connectivity index is 2.71. The van der Waals surface area contributed by atoms with Crippen molar-refractivity contribution < 1.29 is 15.0 Å². The van der Waals surface area contributed by atoms with Crippen LogP contribution in [0.4, 0.5) is 0 Å². The Morgan fingerprint density at radius 3 is 2.43 bits per heavy atom. The molecule has 82 valence electrons. The van der Waals surface area contributed by atoms with E-state index in [1.807, 2.05) is 11.8 Å². The zero-order valence-electron chi connectivity index (χ0n) is 8.97. The maximum atomic E-state index is 10.9. The van der Waals surface area contributed by atoms with Crippen LogP contribution >= 0.6 is 0 Å². The summed E-state index contributed by atoms with van der Waals surface area (Å²) >= 11 is 0. The molecule has 0 spiro atoms. The van der Waals surface area contributed by atoms with Crippen LogP contribution < -0.4 is 0 Å². The molecule has 0 amide bonds. The van der Waals surface area contributed by atoms with E-state index in [1.165, 1.54) is 0 Å². The molecule has 1 rings (SSSR count). The first-order valence-electron chi connectivity index (χ1n) is 5.10. The second-order valence-electron chi connectivity index (χ2n) is 4.42. The van der Waals surface area contributed by atoms with E-state index < -0.39 is 18.1 Å². The maximum absolute atomic E-state index is 10.9. The molecule has 1 saturated heterocycles. The standard InChI is InChI=1S/C10H19NO3/c1-6(2)7(3)11-5-8(12)4-9(11)10(13)14/h6-9,12H,4-5H2,1-3H3,(H,13,14). The Hall–Kier alpha value is -0.610. The summed E-state index contributed by atoms with van der Waals surface area (Å²) in [7, 11) is 0. The highest BCUT2D eigenvalue weighted by Crippen LogP contribution is 2.23.